The Hall–Kier alpha value is -1.71. The lowest BCUT2D eigenvalue weighted by Gasteiger charge is -2.20. The third-order valence-electron chi connectivity index (χ3n) is 2.75. The number of aromatic amines is 1. The topological polar surface area (TPSA) is 32.9 Å². The van der Waals surface area contributed by atoms with E-state index in [1.807, 2.05) is 20.8 Å². The van der Waals surface area contributed by atoms with Gasteiger partial charge in [-0.25, -0.2) is 8.78 Å². The number of benzene rings is 1. The minimum Gasteiger partial charge on any atom is -0.328 e. The van der Waals surface area contributed by atoms with Crippen LogP contribution in [0, 0.1) is 11.6 Å². The average molecular weight is 237 g/mol. The maximum atomic E-state index is 13.3. The Morgan fingerprint density at radius 1 is 1.06 bits per heavy atom. The SMILES string of the molecule is CC(C)(C)c1c[nH]c(=O)c2cc(F)c(F)cc12. The maximum Gasteiger partial charge on any atom is 0.255 e. The van der Waals surface area contributed by atoms with Gasteiger partial charge in [-0.3, -0.25) is 4.79 Å². The highest BCUT2D eigenvalue weighted by molar-refractivity contribution is 5.85. The van der Waals surface area contributed by atoms with Crippen LogP contribution in [0.2, 0.25) is 0 Å². The molecule has 17 heavy (non-hydrogen) atoms. The van der Waals surface area contributed by atoms with Crippen LogP contribution in [0.5, 0.6) is 0 Å². The van der Waals surface area contributed by atoms with Gasteiger partial charge in [0.05, 0.1) is 5.39 Å². The molecule has 0 spiro atoms. The normalized spacial score (nSPS) is 12.1. The fraction of sp³-hybridized carbons (Fsp3) is 0.308. The lowest BCUT2D eigenvalue weighted by molar-refractivity contribution is 0.510. The summed E-state index contributed by atoms with van der Waals surface area (Å²) in [5.41, 5.74) is 0.116. The van der Waals surface area contributed by atoms with Gasteiger partial charge in [0.2, 0.25) is 0 Å². The van der Waals surface area contributed by atoms with Crippen LogP contribution < -0.4 is 5.56 Å². The molecule has 0 atom stereocenters. The quantitative estimate of drug-likeness (QED) is 0.750. The Morgan fingerprint density at radius 3 is 2.12 bits per heavy atom. The molecular formula is C13H13F2NO. The summed E-state index contributed by atoms with van der Waals surface area (Å²) >= 11 is 0. The molecule has 90 valence electrons. The minimum absolute atomic E-state index is 0.177. The standard InChI is InChI=1S/C13H13F2NO/c1-13(2,3)9-6-16-12(17)8-5-11(15)10(14)4-7(8)9/h4-6H,1-3H3,(H,16,17). The van der Waals surface area contributed by atoms with E-state index in [0.29, 0.717) is 5.39 Å². The highest BCUT2D eigenvalue weighted by Gasteiger charge is 2.19. The Labute approximate surface area is 97.3 Å². The third kappa shape index (κ3) is 1.95. The Bertz CT molecular complexity index is 638. The van der Waals surface area contributed by atoms with Crippen molar-refractivity contribution in [1.82, 2.24) is 4.98 Å². The smallest absolute Gasteiger partial charge is 0.255 e. The molecule has 1 N–H and O–H groups in total. The summed E-state index contributed by atoms with van der Waals surface area (Å²) in [7, 11) is 0. The molecule has 0 saturated carbocycles. The van der Waals surface area contributed by atoms with Gasteiger partial charge in [0.15, 0.2) is 11.6 Å². The first-order valence-corrected chi connectivity index (χ1v) is 5.31. The number of rotatable bonds is 0. The summed E-state index contributed by atoms with van der Waals surface area (Å²) in [6.07, 6.45) is 1.56. The summed E-state index contributed by atoms with van der Waals surface area (Å²) in [5.74, 6) is -1.94. The Balaban J connectivity index is 2.95. The highest BCUT2D eigenvalue weighted by atomic mass is 19.2. The molecule has 0 radical (unpaired) electrons. The first-order chi connectivity index (χ1) is 7.80. The van der Waals surface area contributed by atoms with Crippen LogP contribution >= 0.6 is 0 Å². The van der Waals surface area contributed by atoms with Crippen molar-refractivity contribution >= 4 is 10.8 Å². The first kappa shape index (κ1) is 11.8. The van der Waals surface area contributed by atoms with Crippen molar-refractivity contribution in [2.75, 3.05) is 0 Å². The molecular weight excluding hydrogens is 224 g/mol. The lowest BCUT2D eigenvalue weighted by atomic mass is 9.85. The second-order valence-corrected chi connectivity index (χ2v) is 5.09. The molecule has 0 saturated heterocycles. The summed E-state index contributed by atoms with van der Waals surface area (Å²) in [6.45, 7) is 5.84. The highest BCUT2D eigenvalue weighted by Crippen LogP contribution is 2.28. The molecule has 1 aromatic heterocycles. The second kappa shape index (κ2) is 3.65. The third-order valence-corrected chi connectivity index (χ3v) is 2.75. The molecule has 2 aromatic rings. The average Bonchev–Trinajstić information content (AvgIpc) is 2.19. The van der Waals surface area contributed by atoms with Gasteiger partial charge < -0.3 is 4.98 Å². The fourth-order valence-electron chi connectivity index (χ4n) is 1.87. The molecule has 0 aliphatic carbocycles. The molecule has 0 unspecified atom stereocenters. The molecule has 1 heterocycles. The van der Waals surface area contributed by atoms with Crippen molar-refractivity contribution in [3.05, 3.63) is 45.9 Å². The molecule has 0 aliphatic heterocycles. The largest absolute Gasteiger partial charge is 0.328 e. The molecule has 0 bridgehead atoms. The van der Waals surface area contributed by atoms with E-state index in [9.17, 15) is 13.6 Å². The number of fused-ring (bicyclic) bond motifs is 1. The van der Waals surface area contributed by atoms with Crippen molar-refractivity contribution in [2.24, 2.45) is 0 Å². The summed E-state index contributed by atoms with van der Waals surface area (Å²) < 4.78 is 26.4. The molecule has 2 rings (SSSR count). The molecule has 1 aromatic carbocycles. The lowest BCUT2D eigenvalue weighted by Crippen LogP contribution is -2.17. The van der Waals surface area contributed by atoms with E-state index in [2.05, 4.69) is 4.98 Å². The number of aromatic nitrogens is 1. The number of hydrogen-bond donors (Lipinski definition) is 1. The van der Waals surface area contributed by atoms with Crippen molar-refractivity contribution in [1.29, 1.82) is 0 Å². The van der Waals surface area contributed by atoms with Crippen LogP contribution in [0.1, 0.15) is 26.3 Å². The predicted octanol–water partition coefficient (Wildman–Crippen LogP) is 3.10. The van der Waals surface area contributed by atoms with E-state index < -0.39 is 17.2 Å². The molecule has 0 aliphatic rings. The van der Waals surface area contributed by atoms with Gasteiger partial charge in [-0.05, 0) is 28.5 Å². The van der Waals surface area contributed by atoms with Gasteiger partial charge in [0.25, 0.3) is 5.56 Å². The van der Waals surface area contributed by atoms with Crippen molar-refractivity contribution in [2.45, 2.75) is 26.2 Å². The Morgan fingerprint density at radius 2 is 1.59 bits per heavy atom. The summed E-state index contributed by atoms with van der Waals surface area (Å²) in [5, 5.41) is 0.636. The van der Waals surface area contributed by atoms with Crippen LogP contribution in [-0.2, 0) is 5.41 Å². The Kier molecular flexibility index (Phi) is 2.53. The number of pyridine rings is 1. The number of H-pyrrole nitrogens is 1. The zero-order valence-electron chi connectivity index (χ0n) is 9.90. The minimum atomic E-state index is -1.01. The van der Waals surface area contributed by atoms with Crippen molar-refractivity contribution < 1.29 is 8.78 Å². The van der Waals surface area contributed by atoms with Crippen molar-refractivity contribution in [3.8, 4) is 0 Å². The van der Waals surface area contributed by atoms with Crippen LogP contribution in [0.3, 0.4) is 0 Å². The number of nitrogens with one attached hydrogen (secondary N) is 1. The van der Waals surface area contributed by atoms with E-state index in [-0.39, 0.29) is 10.8 Å². The van der Waals surface area contributed by atoms with E-state index in [0.717, 1.165) is 17.7 Å². The molecule has 0 fully saturated rings. The van der Waals surface area contributed by atoms with Gasteiger partial charge in [-0.2, -0.15) is 0 Å². The van der Waals surface area contributed by atoms with Crippen molar-refractivity contribution in [3.63, 3.8) is 0 Å². The van der Waals surface area contributed by atoms with Crippen LogP contribution in [0.25, 0.3) is 10.8 Å². The maximum absolute atomic E-state index is 13.3. The van der Waals surface area contributed by atoms with Crippen LogP contribution in [0.4, 0.5) is 8.78 Å². The van der Waals surface area contributed by atoms with E-state index in [1.54, 1.807) is 6.20 Å². The predicted molar refractivity (Wildman–Crippen MR) is 63.2 cm³/mol. The van der Waals surface area contributed by atoms with E-state index in [4.69, 9.17) is 0 Å². The molecule has 0 amide bonds. The van der Waals surface area contributed by atoms with Gasteiger partial charge >= 0.3 is 0 Å². The van der Waals surface area contributed by atoms with E-state index >= 15 is 0 Å². The summed E-state index contributed by atoms with van der Waals surface area (Å²) in [4.78, 5) is 14.1. The zero-order chi connectivity index (χ0) is 12.8. The number of halogens is 2. The van der Waals surface area contributed by atoms with Gasteiger partial charge in [-0.15, -0.1) is 0 Å². The fourth-order valence-corrected chi connectivity index (χ4v) is 1.87. The number of hydrogen-bond acceptors (Lipinski definition) is 1. The van der Waals surface area contributed by atoms with E-state index in [1.165, 1.54) is 0 Å². The van der Waals surface area contributed by atoms with Gasteiger partial charge in [-0.1, -0.05) is 20.8 Å². The van der Waals surface area contributed by atoms with Crippen LogP contribution in [0.15, 0.2) is 23.1 Å². The first-order valence-electron chi connectivity index (χ1n) is 5.31. The zero-order valence-corrected chi connectivity index (χ0v) is 9.90. The van der Waals surface area contributed by atoms with Crippen LogP contribution in [-0.4, -0.2) is 4.98 Å². The second-order valence-electron chi connectivity index (χ2n) is 5.09. The van der Waals surface area contributed by atoms with Gasteiger partial charge in [0.1, 0.15) is 0 Å². The molecule has 4 heteroatoms. The summed E-state index contributed by atoms with van der Waals surface area (Å²) in [6, 6.07) is 2.03. The molecule has 2 nitrogen and oxygen atoms in total. The monoisotopic (exact) mass is 237 g/mol. The van der Waals surface area contributed by atoms with Gasteiger partial charge in [0, 0.05) is 6.20 Å².